The molecule has 0 atom stereocenters. The highest BCUT2D eigenvalue weighted by Crippen LogP contribution is 2.27. The number of amides is 2. The average Bonchev–Trinajstić information content (AvgIpc) is 2.67. The van der Waals surface area contributed by atoms with Gasteiger partial charge < -0.3 is 4.74 Å². The highest BCUT2D eigenvalue weighted by Gasteiger charge is 2.34. The number of carbonyl (C=O) groups excluding carboxylic acids is 2. The molecule has 2 rings (SSSR count). The van der Waals surface area contributed by atoms with Crippen LogP contribution in [0.1, 0.15) is 38.7 Å². The molecule has 1 aromatic carbocycles. The minimum absolute atomic E-state index is 0.0152. The second kappa shape index (κ2) is 9.54. The number of ether oxygens (including phenoxy) is 1. The number of hydrogen-bond acceptors (Lipinski definition) is 4. The second-order valence-corrected chi connectivity index (χ2v) is 6.30. The first-order chi connectivity index (χ1) is 13.0. The lowest BCUT2D eigenvalue weighted by Crippen LogP contribution is -2.42. The van der Waals surface area contributed by atoms with Crippen LogP contribution in [0.25, 0.3) is 6.08 Å². The number of hydrogen-bond donors (Lipinski definition) is 0. The van der Waals surface area contributed by atoms with E-state index in [9.17, 15) is 14.9 Å². The zero-order chi connectivity index (χ0) is 19.8. The fourth-order valence-electron chi connectivity index (χ4n) is 2.79. The lowest BCUT2D eigenvalue weighted by Gasteiger charge is -2.26. The van der Waals surface area contributed by atoms with Crippen molar-refractivity contribution in [2.24, 2.45) is 0 Å². The van der Waals surface area contributed by atoms with Crippen molar-refractivity contribution < 1.29 is 14.3 Å². The average molecular weight is 364 g/mol. The van der Waals surface area contributed by atoms with E-state index in [1.165, 1.54) is 6.08 Å². The van der Waals surface area contributed by atoms with Gasteiger partial charge >= 0.3 is 0 Å². The largest absolute Gasteiger partial charge is 0.494 e. The first kappa shape index (κ1) is 20.2. The molecule has 1 aliphatic rings. The molecule has 1 heterocycles. The molecule has 0 spiro atoms. The Hall–Kier alpha value is -3.13. The summed E-state index contributed by atoms with van der Waals surface area (Å²) in [6.45, 7) is 8.08. The van der Waals surface area contributed by atoms with Gasteiger partial charge in [0, 0.05) is 12.1 Å². The van der Waals surface area contributed by atoms with E-state index in [0.717, 1.165) is 35.5 Å². The Morgan fingerprint density at radius 2 is 1.89 bits per heavy atom. The maximum Gasteiger partial charge on any atom is 0.271 e. The van der Waals surface area contributed by atoms with E-state index in [4.69, 9.17) is 4.74 Å². The first-order valence-electron chi connectivity index (χ1n) is 9.06. The van der Waals surface area contributed by atoms with Crippen LogP contribution in [0.2, 0.25) is 0 Å². The third-order valence-electron chi connectivity index (χ3n) is 4.34. The Morgan fingerprint density at radius 3 is 2.48 bits per heavy atom. The number of unbranched alkanes of at least 4 members (excludes halogenated alkanes) is 2. The Bertz CT molecular complexity index is 826. The Morgan fingerprint density at radius 1 is 1.19 bits per heavy atom. The van der Waals surface area contributed by atoms with Crippen molar-refractivity contribution in [2.45, 2.75) is 33.1 Å². The van der Waals surface area contributed by atoms with Crippen LogP contribution in [0.15, 0.2) is 53.6 Å². The fraction of sp³-hybridized carbons (Fsp3) is 0.318. The van der Waals surface area contributed by atoms with Gasteiger partial charge in [0.15, 0.2) is 0 Å². The van der Waals surface area contributed by atoms with Gasteiger partial charge in [-0.2, -0.15) is 5.26 Å². The van der Waals surface area contributed by atoms with Crippen molar-refractivity contribution >= 4 is 17.9 Å². The van der Waals surface area contributed by atoms with Crippen LogP contribution in [0.4, 0.5) is 0 Å². The van der Waals surface area contributed by atoms with Crippen molar-refractivity contribution in [3.63, 3.8) is 0 Å². The fourth-order valence-corrected chi connectivity index (χ4v) is 2.79. The predicted octanol–water partition coefficient (Wildman–Crippen LogP) is 4.03. The van der Waals surface area contributed by atoms with Crippen LogP contribution < -0.4 is 4.74 Å². The summed E-state index contributed by atoms with van der Waals surface area (Å²) in [5.41, 5.74) is 1.51. The molecule has 1 aliphatic heterocycles. The number of nitriles is 1. The molecule has 5 nitrogen and oxygen atoms in total. The number of rotatable bonds is 8. The SMILES string of the molecule is C=CCN1C(=O)C(C#N)=C(C)/C(=C\c2ccc(OCCCCC)cc2)C1=O. The Kier molecular flexibility index (Phi) is 7.13. The first-order valence-corrected chi connectivity index (χ1v) is 9.06. The number of carbonyl (C=O) groups is 2. The minimum atomic E-state index is -0.576. The van der Waals surface area contributed by atoms with Gasteiger partial charge in [0.25, 0.3) is 11.8 Å². The summed E-state index contributed by atoms with van der Waals surface area (Å²) in [5.74, 6) is -0.221. The zero-order valence-electron chi connectivity index (χ0n) is 15.8. The van der Waals surface area contributed by atoms with E-state index >= 15 is 0 Å². The predicted molar refractivity (Wildman–Crippen MR) is 105 cm³/mol. The van der Waals surface area contributed by atoms with Gasteiger partial charge in [0.2, 0.25) is 0 Å². The number of imide groups is 1. The van der Waals surface area contributed by atoms with E-state index in [1.807, 2.05) is 30.3 Å². The Labute approximate surface area is 160 Å². The second-order valence-electron chi connectivity index (χ2n) is 6.30. The highest BCUT2D eigenvalue weighted by atomic mass is 16.5. The van der Waals surface area contributed by atoms with E-state index < -0.39 is 11.8 Å². The molecule has 0 aromatic heterocycles. The van der Waals surface area contributed by atoms with E-state index in [1.54, 1.807) is 13.0 Å². The van der Waals surface area contributed by atoms with Crippen LogP contribution >= 0.6 is 0 Å². The van der Waals surface area contributed by atoms with Gasteiger partial charge in [-0.25, -0.2) is 0 Å². The van der Waals surface area contributed by atoms with Crippen molar-refractivity contribution in [2.75, 3.05) is 13.2 Å². The van der Waals surface area contributed by atoms with Gasteiger partial charge in [-0.15, -0.1) is 6.58 Å². The molecule has 0 unspecified atom stereocenters. The van der Waals surface area contributed by atoms with Gasteiger partial charge in [-0.05, 0) is 42.7 Å². The van der Waals surface area contributed by atoms with Gasteiger partial charge in [-0.3, -0.25) is 14.5 Å². The third-order valence-corrected chi connectivity index (χ3v) is 4.34. The van der Waals surface area contributed by atoms with Crippen molar-refractivity contribution in [1.29, 1.82) is 5.26 Å². The summed E-state index contributed by atoms with van der Waals surface area (Å²) >= 11 is 0. The normalized spacial score (nSPS) is 15.9. The molecule has 140 valence electrons. The van der Waals surface area contributed by atoms with Crippen LogP contribution in [0, 0.1) is 11.3 Å². The molecule has 0 bridgehead atoms. The number of benzene rings is 1. The van der Waals surface area contributed by atoms with E-state index in [2.05, 4.69) is 13.5 Å². The summed E-state index contributed by atoms with van der Waals surface area (Å²) < 4.78 is 5.69. The number of nitrogens with zero attached hydrogens (tertiary/aromatic N) is 2. The molecule has 0 N–H and O–H groups in total. The maximum absolute atomic E-state index is 12.7. The molecule has 0 saturated heterocycles. The topological polar surface area (TPSA) is 70.4 Å². The van der Waals surface area contributed by atoms with Crippen LogP contribution in [-0.4, -0.2) is 29.9 Å². The Balaban J connectivity index is 2.26. The highest BCUT2D eigenvalue weighted by molar-refractivity contribution is 6.19. The molecule has 5 heteroatoms. The van der Waals surface area contributed by atoms with Crippen LogP contribution in [0.3, 0.4) is 0 Å². The summed E-state index contributed by atoms with van der Waals surface area (Å²) in [4.78, 5) is 26.0. The zero-order valence-corrected chi connectivity index (χ0v) is 15.8. The molecule has 1 aromatic rings. The standard InChI is InChI=1S/C22H24N2O3/c1-4-6-7-13-27-18-10-8-17(9-11-18)14-19-16(3)20(15-23)22(26)24(12-5-2)21(19)25/h5,8-11,14H,2,4,6-7,12-13H2,1,3H3/b19-14+. The monoisotopic (exact) mass is 364 g/mol. The quantitative estimate of drug-likeness (QED) is 0.302. The van der Waals surface area contributed by atoms with Crippen molar-refractivity contribution in [3.05, 3.63) is 59.2 Å². The molecule has 2 amide bonds. The third kappa shape index (κ3) is 4.73. The molecule has 0 fully saturated rings. The van der Waals surface area contributed by atoms with Gasteiger partial charge in [0.1, 0.15) is 17.4 Å². The molecule has 0 saturated carbocycles. The smallest absolute Gasteiger partial charge is 0.271 e. The van der Waals surface area contributed by atoms with Gasteiger partial charge in [-0.1, -0.05) is 38.0 Å². The molecular formula is C22H24N2O3. The lowest BCUT2D eigenvalue weighted by atomic mass is 9.93. The summed E-state index contributed by atoms with van der Waals surface area (Å²) in [7, 11) is 0. The summed E-state index contributed by atoms with van der Waals surface area (Å²) in [5, 5.41) is 9.31. The van der Waals surface area contributed by atoms with Gasteiger partial charge in [0.05, 0.1) is 6.61 Å². The van der Waals surface area contributed by atoms with E-state index in [0.29, 0.717) is 17.8 Å². The van der Waals surface area contributed by atoms with E-state index in [-0.39, 0.29) is 12.1 Å². The van der Waals surface area contributed by atoms with Crippen molar-refractivity contribution in [1.82, 2.24) is 4.90 Å². The molecule has 0 aliphatic carbocycles. The molecular weight excluding hydrogens is 340 g/mol. The van der Waals surface area contributed by atoms with Crippen molar-refractivity contribution in [3.8, 4) is 11.8 Å². The summed E-state index contributed by atoms with van der Waals surface area (Å²) in [6.07, 6.45) is 6.46. The maximum atomic E-state index is 12.7. The lowest BCUT2D eigenvalue weighted by molar-refractivity contribution is -0.139. The molecule has 27 heavy (non-hydrogen) atoms. The van der Waals surface area contributed by atoms with Crippen LogP contribution in [0.5, 0.6) is 5.75 Å². The minimum Gasteiger partial charge on any atom is -0.494 e. The molecule has 0 radical (unpaired) electrons. The summed E-state index contributed by atoms with van der Waals surface area (Å²) in [6, 6.07) is 9.31. The van der Waals surface area contributed by atoms with Crippen LogP contribution in [-0.2, 0) is 9.59 Å².